The summed E-state index contributed by atoms with van der Waals surface area (Å²) in [6.45, 7) is 0. The first-order valence-electron chi connectivity index (χ1n) is 4.94. The van der Waals surface area contributed by atoms with Crippen LogP contribution in [0.5, 0.6) is 0 Å². The maximum atomic E-state index is 12.4. The number of aromatic carboxylic acids is 1. The fourth-order valence-corrected chi connectivity index (χ4v) is 1.69. The topological polar surface area (TPSA) is 55.1 Å². The van der Waals surface area contributed by atoms with Crippen LogP contribution in [0, 0.1) is 0 Å². The van der Waals surface area contributed by atoms with Crippen molar-refractivity contribution in [3.8, 4) is 5.69 Å². The van der Waals surface area contributed by atoms with Crippen LogP contribution < -0.4 is 0 Å². The Morgan fingerprint density at radius 1 is 1.37 bits per heavy atom. The van der Waals surface area contributed by atoms with Gasteiger partial charge in [-0.25, -0.2) is 9.48 Å². The first-order valence-corrected chi connectivity index (χ1v) is 5.32. The number of alkyl halides is 3. The zero-order valence-corrected chi connectivity index (χ0v) is 9.90. The lowest BCUT2D eigenvalue weighted by atomic mass is 10.2. The molecule has 0 saturated heterocycles. The highest BCUT2D eigenvalue weighted by Gasteiger charge is 2.32. The van der Waals surface area contributed by atoms with E-state index >= 15 is 0 Å². The van der Waals surface area contributed by atoms with Crippen LogP contribution in [0.1, 0.15) is 15.9 Å². The highest BCUT2D eigenvalue weighted by atomic mass is 35.5. The SMILES string of the molecule is O=C(O)c1ccc(-n2cc(C(F)(F)F)cn2)c(Cl)c1. The van der Waals surface area contributed by atoms with E-state index in [9.17, 15) is 18.0 Å². The molecule has 1 N–H and O–H groups in total. The molecule has 19 heavy (non-hydrogen) atoms. The van der Waals surface area contributed by atoms with E-state index in [0.717, 1.165) is 16.9 Å². The lowest BCUT2D eigenvalue weighted by molar-refractivity contribution is -0.137. The van der Waals surface area contributed by atoms with Gasteiger partial charge >= 0.3 is 12.1 Å². The molecule has 8 heteroatoms. The van der Waals surface area contributed by atoms with Gasteiger partial charge in [-0.3, -0.25) is 0 Å². The van der Waals surface area contributed by atoms with Crippen molar-refractivity contribution in [3.05, 3.63) is 46.7 Å². The molecule has 100 valence electrons. The third-order valence-corrected chi connectivity index (χ3v) is 2.65. The summed E-state index contributed by atoms with van der Waals surface area (Å²) in [6, 6.07) is 3.67. The van der Waals surface area contributed by atoms with Gasteiger partial charge in [-0.05, 0) is 18.2 Å². The van der Waals surface area contributed by atoms with Gasteiger partial charge in [0.1, 0.15) is 0 Å². The number of carboxylic acids is 1. The summed E-state index contributed by atoms with van der Waals surface area (Å²) in [5, 5.41) is 12.3. The molecule has 0 fully saturated rings. The van der Waals surface area contributed by atoms with Crippen LogP contribution in [0.15, 0.2) is 30.6 Å². The van der Waals surface area contributed by atoms with E-state index in [2.05, 4.69) is 5.10 Å². The zero-order valence-electron chi connectivity index (χ0n) is 9.15. The van der Waals surface area contributed by atoms with Crippen LogP contribution in [-0.4, -0.2) is 20.9 Å². The number of halogens is 4. The van der Waals surface area contributed by atoms with Crippen LogP contribution in [-0.2, 0) is 6.18 Å². The molecule has 1 aromatic carbocycles. The molecular formula is C11H6ClF3N2O2. The minimum atomic E-state index is -4.49. The van der Waals surface area contributed by atoms with Crippen molar-refractivity contribution in [2.45, 2.75) is 6.18 Å². The molecule has 0 atom stereocenters. The fourth-order valence-electron chi connectivity index (χ4n) is 1.43. The molecule has 1 heterocycles. The normalized spacial score (nSPS) is 11.6. The Hall–Kier alpha value is -2.02. The molecule has 0 amide bonds. The number of hydrogen-bond donors (Lipinski definition) is 1. The number of carbonyl (C=O) groups is 1. The average molecular weight is 291 g/mol. The Kier molecular flexibility index (Phi) is 3.23. The number of rotatable bonds is 2. The molecule has 0 unspecified atom stereocenters. The third-order valence-electron chi connectivity index (χ3n) is 2.35. The number of nitrogens with zero attached hydrogens (tertiary/aromatic N) is 2. The number of benzene rings is 1. The van der Waals surface area contributed by atoms with Crippen molar-refractivity contribution < 1.29 is 23.1 Å². The summed E-state index contributed by atoms with van der Waals surface area (Å²) in [4.78, 5) is 10.7. The van der Waals surface area contributed by atoms with E-state index < -0.39 is 17.7 Å². The summed E-state index contributed by atoms with van der Waals surface area (Å²) in [5.41, 5.74) is -0.801. The fraction of sp³-hybridized carbons (Fsp3) is 0.0909. The van der Waals surface area contributed by atoms with Crippen LogP contribution >= 0.6 is 11.6 Å². The van der Waals surface area contributed by atoms with Crippen molar-refractivity contribution >= 4 is 17.6 Å². The number of hydrogen-bond acceptors (Lipinski definition) is 2. The largest absolute Gasteiger partial charge is 0.478 e. The first kappa shape index (κ1) is 13.4. The van der Waals surface area contributed by atoms with Crippen molar-refractivity contribution in [2.24, 2.45) is 0 Å². The highest BCUT2D eigenvalue weighted by Crippen LogP contribution is 2.30. The van der Waals surface area contributed by atoms with Crippen LogP contribution in [0.3, 0.4) is 0 Å². The van der Waals surface area contributed by atoms with Gasteiger partial charge in [0.25, 0.3) is 0 Å². The number of aromatic nitrogens is 2. The summed E-state index contributed by atoms with van der Waals surface area (Å²) >= 11 is 5.83. The van der Waals surface area contributed by atoms with E-state index in [1.807, 2.05) is 0 Å². The predicted molar refractivity (Wildman–Crippen MR) is 60.5 cm³/mol. The third kappa shape index (κ3) is 2.70. The maximum Gasteiger partial charge on any atom is 0.419 e. The Bertz CT molecular complexity index is 637. The van der Waals surface area contributed by atoms with Crippen molar-refractivity contribution in [1.82, 2.24) is 9.78 Å². The molecule has 4 nitrogen and oxygen atoms in total. The van der Waals surface area contributed by atoms with Gasteiger partial charge in [0, 0.05) is 6.20 Å². The van der Waals surface area contributed by atoms with Crippen molar-refractivity contribution in [3.63, 3.8) is 0 Å². The monoisotopic (exact) mass is 290 g/mol. The quantitative estimate of drug-likeness (QED) is 0.924. The second-order valence-corrected chi connectivity index (χ2v) is 4.05. The van der Waals surface area contributed by atoms with Gasteiger partial charge in [-0.2, -0.15) is 18.3 Å². The summed E-state index contributed by atoms with van der Waals surface area (Å²) < 4.78 is 38.2. The predicted octanol–water partition coefficient (Wildman–Crippen LogP) is 3.24. The molecular weight excluding hydrogens is 285 g/mol. The summed E-state index contributed by atoms with van der Waals surface area (Å²) in [5.74, 6) is -1.18. The molecule has 0 aliphatic carbocycles. The van der Waals surface area contributed by atoms with Crippen molar-refractivity contribution in [2.75, 3.05) is 0 Å². The van der Waals surface area contributed by atoms with E-state index in [0.29, 0.717) is 6.20 Å². The average Bonchev–Trinajstić information content (AvgIpc) is 2.77. The lowest BCUT2D eigenvalue weighted by Crippen LogP contribution is -2.03. The Morgan fingerprint density at radius 2 is 2.05 bits per heavy atom. The highest BCUT2D eigenvalue weighted by molar-refractivity contribution is 6.32. The van der Waals surface area contributed by atoms with Gasteiger partial charge < -0.3 is 5.11 Å². The van der Waals surface area contributed by atoms with Crippen molar-refractivity contribution in [1.29, 1.82) is 0 Å². The summed E-state index contributed by atoms with van der Waals surface area (Å²) in [6.07, 6.45) is -3.05. The van der Waals surface area contributed by atoms with E-state index in [1.54, 1.807) is 0 Å². The molecule has 0 aliphatic heterocycles. The summed E-state index contributed by atoms with van der Waals surface area (Å²) in [7, 11) is 0. The Labute approximate surface area is 110 Å². The first-order chi connectivity index (χ1) is 8.79. The van der Waals surface area contributed by atoms with Crippen LogP contribution in [0.25, 0.3) is 5.69 Å². The van der Waals surface area contributed by atoms with Gasteiger partial charge in [0.05, 0.1) is 28.0 Å². The zero-order chi connectivity index (χ0) is 14.2. The van der Waals surface area contributed by atoms with E-state index in [1.165, 1.54) is 12.1 Å². The van der Waals surface area contributed by atoms with Gasteiger partial charge in [0.2, 0.25) is 0 Å². The van der Waals surface area contributed by atoms with Crippen LogP contribution in [0.2, 0.25) is 5.02 Å². The molecule has 0 saturated carbocycles. The minimum absolute atomic E-state index is 0.00303. The van der Waals surface area contributed by atoms with E-state index in [4.69, 9.17) is 16.7 Å². The lowest BCUT2D eigenvalue weighted by Gasteiger charge is -2.05. The molecule has 1 aromatic heterocycles. The number of carboxylic acid groups (broad SMARTS) is 1. The standard InChI is InChI=1S/C11H6ClF3N2O2/c12-8-3-6(10(18)19)1-2-9(8)17-5-7(4-16-17)11(13,14)15/h1-5H,(H,18,19). The molecule has 0 bridgehead atoms. The Balaban J connectivity index is 2.43. The van der Waals surface area contributed by atoms with Gasteiger partial charge in [-0.15, -0.1) is 0 Å². The Morgan fingerprint density at radius 3 is 2.53 bits per heavy atom. The van der Waals surface area contributed by atoms with Gasteiger partial charge in [0.15, 0.2) is 0 Å². The molecule has 0 aliphatic rings. The minimum Gasteiger partial charge on any atom is -0.478 e. The second-order valence-electron chi connectivity index (χ2n) is 3.64. The molecule has 0 spiro atoms. The smallest absolute Gasteiger partial charge is 0.419 e. The molecule has 2 rings (SSSR count). The van der Waals surface area contributed by atoms with Gasteiger partial charge in [-0.1, -0.05) is 11.6 Å². The second kappa shape index (κ2) is 4.58. The maximum absolute atomic E-state index is 12.4. The molecule has 2 aromatic rings. The molecule has 0 radical (unpaired) electrons. The van der Waals surface area contributed by atoms with E-state index in [-0.39, 0.29) is 16.3 Å². The van der Waals surface area contributed by atoms with Crippen LogP contribution in [0.4, 0.5) is 13.2 Å².